The topological polar surface area (TPSA) is 24.1 Å². The number of nitrogens with one attached hydrogen (secondary N) is 2. The summed E-state index contributed by atoms with van der Waals surface area (Å²) < 4.78 is 0. The number of hydrogen-bond acceptors (Lipinski definition) is 2. The molecule has 12 heavy (non-hydrogen) atoms. The van der Waals surface area contributed by atoms with E-state index in [2.05, 4.69) is 38.3 Å². The van der Waals surface area contributed by atoms with Crippen molar-refractivity contribution in [1.82, 2.24) is 10.6 Å². The van der Waals surface area contributed by atoms with E-state index in [0.29, 0.717) is 0 Å². The molecule has 2 saturated heterocycles. The summed E-state index contributed by atoms with van der Waals surface area (Å²) in [5.41, 5.74) is 0. The zero-order valence-corrected chi connectivity index (χ0v) is 8.72. The molecule has 0 unspecified atom stereocenters. The van der Waals surface area contributed by atoms with Gasteiger partial charge < -0.3 is 10.6 Å². The first-order valence-electron chi connectivity index (χ1n) is 5.10. The van der Waals surface area contributed by atoms with E-state index in [0.717, 1.165) is 24.2 Å². The van der Waals surface area contributed by atoms with Crippen LogP contribution in [0.3, 0.4) is 0 Å². The van der Waals surface area contributed by atoms with Crippen molar-refractivity contribution >= 4 is 0 Å². The van der Waals surface area contributed by atoms with E-state index in [9.17, 15) is 0 Å². The van der Waals surface area contributed by atoms with Gasteiger partial charge in [0.25, 0.3) is 0 Å². The highest BCUT2D eigenvalue weighted by atomic mass is 15.0. The van der Waals surface area contributed by atoms with Crippen LogP contribution in [0, 0.1) is 0 Å². The quantitative estimate of drug-likeness (QED) is 0.576. The molecule has 0 aromatic heterocycles. The van der Waals surface area contributed by atoms with Crippen LogP contribution in [0.25, 0.3) is 0 Å². The molecule has 0 aromatic carbocycles. The van der Waals surface area contributed by atoms with Gasteiger partial charge >= 0.3 is 0 Å². The van der Waals surface area contributed by atoms with Crippen LogP contribution < -0.4 is 10.6 Å². The van der Waals surface area contributed by atoms with E-state index in [1.54, 1.807) is 0 Å². The van der Waals surface area contributed by atoms with Crippen LogP contribution in [-0.4, -0.2) is 24.2 Å². The molecule has 2 nitrogen and oxygen atoms in total. The molecule has 0 saturated carbocycles. The number of hydrogen-bond donors (Lipinski definition) is 2. The van der Waals surface area contributed by atoms with Gasteiger partial charge in [-0.15, -0.1) is 0 Å². The third-order valence-electron chi connectivity index (χ3n) is 2.55. The molecule has 72 valence electrons. The monoisotopic (exact) mass is 170 g/mol. The molecule has 0 bridgehead atoms. The fraction of sp³-hybridized carbons (Fsp3) is 1.00. The Hall–Kier alpha value is -0.0800. The molecule has 4 atom stereocenters. The van der Waals surface area contributed by atoms with Gasteiger partial charge in [0, 0.05) is 24.2 Å². The van der Waals surface area contributed by atoms with Crippen molar-refractivity contribution in [1.29, 1.82) is 0 Å². The third kappa shape index (κ3) is 3.11. The van der Waals surface area contributed by atoms with Crippen LogP contribution in [0.5, 0.6) is 0 Å². The van der Waals surface area contributed by atoms with Gasteiger partial charge in [-0.2, -0.15) is 0 Å². The predicted octanol–water partition coefficient (Wildman–Crippen LogP) is 1.51. The first kappa shape index (κ1) is 10.0. The van der Waals surface area contributed by atoms with E-state index < -0.39 is 0 Å². The Morgan fingerprint density at radius 1 is 0.667 bits per heavy atom. The molecule has 0 amide bonds. The third-order valence-corrected chi connectivity index (χ3v) is 2.55. The van der Waals surface area contributed by atoms with Crippen molar-refractivity contribution in [2.45, 2.75) is 64.7 Å². The van der Waals surface area contributed by atoms with Crippen LogP contribution >= 0.6 is 0 Å². The van der Waals surface area contributed by atoms with Gasteiger partial charge in [-0.25, -0.2) is 0 Å². The van der Waals surface area contributed by atoms with E-state index in [-0.39, 0.29) is 0 Å². The van der Waals surface area contributed by atoms with E-state index in [4.69, 9.17) is 0 Å². The van der Waals surface area contributed by atoms with Crippen molar-refractivity contribution in [2.24, 2.45) is 0 Å². The summed E-state index contributed by atoms with van der Waals surface area (Å²) in [7, 11) is 0. The van der Waals surface area contributed by atoms with Gasteiger partial charge in [-0.1, -0.05) is 0 Å². The van der Waals surface area contributed by atoms with Gasteiger partial charge in [-0.05, 0) is 40.5 Å². The van der Waals surface area contributed by atoms with Crippen molar-refractivity contribution < 1.29 is 0 Å². The molecular formula is C10H22N2. The Kier molecular flexibility index (Phi) is 3.53. The average Bonchev–Trinajstić information content (AvgIpc) is 1.84. The minimum absolute atomic E-state index is 0.792. The van der Waals surface area contributed by atoms with Crippen LogP contribution in [0.4, 0.5) is 0 Å². The summed E-state index contributed by atoms with van der Waals surface area (Å²) >= 11 is 0. The molecule has 2 rings (SSSR count). The fourth-order valence-corrected chi connectivity index (χ4v) is 1.98. The highest BCUT2D eigenvalue weighted by Crippen LogP contribution is 2.08. The van der Waals surface area contributed by atoms with Crippen LogP contribution in [0.2, 0.25) is 0 Å². The Morgan fingerprint density at radius 2 is 0.833 bits per heavy atom. The summed E-state index contributed by atoms with van der Waals surface area (Å²) in [5, 5.41) is 6.61. The second kappa shape index (κ2) is 4.24. The molecule has 0 radical (unpaired) electrons. The summed E-state index contributed by atoms with van der Waals surface area (Å²) in [4.78, 5) is 0. The zero-order valence-electron chi connectivity index (χ0n) is 8.72. The smallest absolute Gasteiger partial charge is 0.00559 e. The Balaban J connectivity index is 0.000000120. The largest absolute Gasteiger partial charge is 0.312 e. The van der Waals surface area contributed by atoms with E-state index in [1.165, 1.54) is 12.8 Å². The van der Waals surface area contributed by atoms with Crippen LogP contribution in [0.1, 0.15) is 40.5 Å². The summed E-state index contributed by atoms with van der Waals surface area (Å²) in [5.74, 6) is 0. The SMILES string of the molecule is C[C@@H]1C[C@@H](C)N1.C[C@H]1C[C@H](C)N1. The number of rotatable bonds is 0. The maximum Gasteiger partial charge on any atom is 0.00559 e. The zero-order chi connectivity index (χ0) is 9.14. The molecule has 0 spiro atoms. The standard InChI is InChI=1S/2C5H11N/c2*1-4-3-5(2)6-4/h2*4-6H,3H2,1-2H3/t2*4-,5-/m10/s1. The maximum absolute atomic E-state index is 3.31. The molecule has 2 fully saturated rings. The molecule has 2 heteroatoms. The van der Waals surface area contributed by atoms with Crippen molar-refractivity contribution in [3.05, 3.63) is 0 Å². The molecule has 0 aliphatic carbocycles. The van der Waals surface area contributed by atoms with Gasteiger partial charge in [0.2, 0.25) is 0 Å². The summed E-state index contributed by atoms with van der Waals surface area (Å²) in [6.07, 6.45) is 2.72. The molecule has 2 N–H and O–H groups in total. The average molecular weight is 170 g/mol. The van der Waals surface area contributed by atoms with Crippen molar-refractivity contribution in [3.63, 3.8) is 0 Å². The second-order valence-electron chi connectivity index (χ2n) is 4.41. The lowest BCUT2D eigenvalue weighted by Crippen LogP contribution is -2.48. The molecule has 2 aliphatic heterocycles. The molecule has 0 aromatic rings. The van der Waals surface area contributed by atoms with E-state index in [1.807, 2.05) is 0 Å². The Bertz CT molecular complexity index is 95.8. The normalized spacial score (nSPS) is 45.0. The highest BCUT2D eigenvalue weighted by molar-refractivity contribution is 4.81. The highest BCUT2D eigenvalue weighted by Gasteiger charge is 2.18. The first-order chi connectivity index (χ1) is 5.58. The Labute approximate surface area is 76.1 Å². The van der Waals surface area contributed by atoms with Crippen molar-refractivity contribution in [2.75, 3.05) is 0 Å². The van der Waals surface area contributed by atoms with Gasteiger partial charge in [0.05, 0.1) is 0 Å². The minimum Gasteiger partial charge on any atom is -0.312 e. The predicted molar refractivity (Wildman–Crippen MR) is 53.4 cm³/mol. The van der Waals surface area contributed by atoms with Crippen LogP contribution in [-0.2, 0) is 0 Å². The van der Waals surface area contributed by atoms with Gasteiger partial charge in [0.1, 0.15) is 0 Å². The first-order valence-corrected chi connectivity index (χ1v) is 5.10. The second-order valence-corrected chi connectivity index (χ2v) is 4.41. The maximum atomic E-state index is 3.31. The van der Waals surface area contributed by atoms with Gasteiger partial charge in [-0.3, -0.25) is 0 Å². The molecule has 2 aliphatic rings. The van der Waals surface area contributed by atoms with Gasteiger partial charge in [0.15, 0.2) is 0 Å². The van der Waals surface area contributed by atoms with Crippen LogP contribution in [0.15, 0.2) is 0 Å². The Morgan fingerprint density at radius 3 is 0.833 bits per heavy atom. The lowest BCUT2D eigenvalue weighted by atomic mass is 10.0. The van der Waals surface area contributed by atoms with E-state index >= 15 is 0 Å². The minimum atomic E-state index is 0.792. The van der Waals surface area contributed by atoms with Crippen molar-refractivity contribution in [3.8, 4) is 0 Å². The summed E-state index contributed by atoms with van der Waals surface area (Å²) in [6, 6.07) is 3.17. The fourth-order valence-electron chi connectivity index (χ4n) is 1.98. The lowest BCUT2D eigenvalue weighted by Gasteiger charge is -2.31. The molecule has 2 heterocycles. The lowest BCUT2D eigenvalue weighted by molar-refractivity contribution is 0.302. The summed E-state index contributed by atoms with van der Waals surface area (Å²) in [6.45, 7) is 8.83. The molecular weight excluding hydrogens is 148 g/mol.